The van der Waals surface area contributed by atoms with Crippen molar-refractivity contribution in [2.45, 2.75) is 52.0 Å². The van der Waals surface area contributed by atoms with Gasteiger partial charge in [0.05, 0.1) is 0 Å². The summed E-state index contributed by atoms with van der Waals surface area (Å²) in [5.74, 6) is 0. The van der Waals surface area contributed by atoms with Crippen LogP contribution in [-0.2, 0) is 6.54 Å². The van der Waals surface area contributed by atoms with Crippen molar-refractivity contribution in [2.24, 2.45) is 0 Å². The Morgan fingerprint density at radius 1 is 1.05 bits per heavy atom. The molecule has 0 spiro atoms. The predicted octanol–water partition coefficient (Wildman–Crippen LogP) is 4.81. The molecule has 0 saturated heterocycles. The van der Waals surface area contributed by atoms with E-state index in [1.54, 1.807) is 0 Å². The van der Waals surface area contributed by atoms with Gasteiger partial charge in [0.1, 0.15) is 6.29 Å². The van der Waals surface area contributed by atoms with Gasteiger partial charge in [0.25, 0.3) is 0 Å². The van der Waals surface area contributed by atoms with E-state index in [0.29, 0.717) is 0 Å². The zero-order chi connectivity index (χ0) is 13.5. The maximum Gasteiger partial charge on any atom is 0.150 e. The minimum absolute atomic E-state index is 0.754. The van der Waals surface area contributed by atoms with Crippen LogP contribution in [0.15, 0.2) is 30.5 Å². The van der Waals surface area contributed by atoms with E-state index in [1.165, 1.54) is 44.0 Å². The Morgan fingerprint density at radius 3 is 2.63 bits per heavy atom. The number of fused-ring (bicyclic) bond motifs is 1. The summed E-state index contributed by atoms with van der Waals surface area (Å²) in [6.07, 6.45) is 11.0. The lowest BCUT2D eigenvalue weighted by Gasteiger charge is -2.05. The first-order valence-corrected chi connectivity index (χ1v) is 7.39. The highest BCUT2D eigenvalue weighted by atomic mass is 16.1. The highest BCUT2D eigenvalue weighted by Crippen LogP contribution is 2.18. The number of aromatic nitrogens is 1. The lowest BCUT2D eigenvalue weighted by Crippen LogP contribution is -1.96. The van der Waals surface area contributed by atoms with Crippen molar-refractivity contribution in [1.82, 2.24) is 4.57 Å². The van der Waals surface area contributed by atoms with Gasteiger partial charge in [-0.1, -0.05) is 39.0 Å². The largest absolute Gasteiger partial charge is 0.347 e. The SMILES string of the molecule is CCCCCCCCn1ccc2cc(C=O)ccc21. The molecule has 0 bridgehead atoms. The van der Waals surface area contributed by atoms with Crippen molar-refractivity contribution in [3.05, 3.63) is 36.0 Å². The van der Waals surface area contributed by atoms with E-state index in [1.807, 2.05) is 12.1 Å². The molecule has 0 atom stereocenters. The average Bonchev–Trinajstić information content (AvgIpc) is 2.85. The normalized spacial score (nSPS) is 11.0. The molecule has 1 aromatic heterocycles. The van der Waals surface area contributed by atoms with Gasteiger partial charge in [-0.2, -0.15) is 0 Å². The molecule has 2 heteroatoms. The smallest absolute Gasteiger partial charge is 0.150 e. The second kappa shape index (κ2) is 7.13. The zero-order valence-electron chi connectivity index (χ0n) is 11.8. The first-order valence-electron chi connectivity index (χ1n) is 7.39. The number of nitrogens with zero attached hydrogens (tertiary/aromatic N) is 1. The highest BCUT2D eigenvalue weighted by molar-refractivity contribution is 5.87. The number of carbonyl (C=O) groups excluding carboxylic acids is 1. The molecule has 0 N–H and O–H groups in total. The van der Waals surface area contributed by atoms with E-state index in [0.717, 1.165) is 23.8 Å². The summed E-state index contributed by atoms with van der Waals surface area (Å²) >= 11 is 0. The number of benzene rings is 1. The Hall–Kier alpha value is -1.57. The van der Waals surface area contributed by atoms with Gasteiger partial charge in [0, 0.05) is 29.2 Å². The van der Waals surface area contributed by atoms with Gasteiger partial charge < -0.3 is 4.57 Å². The first-order chi connectivity index (χ1) is 9.35. The topological polar surface area (TPSA) is 22.0 Å². The van der Waals surface area contributed by atoms with Crippen LogP contribution in [0.5, 0.6) is 0 Å². The summed E-state index contributed by atoms with van der Waals surface area (Å²) in [6, 6.07) is 8.00. The third-order valence-corrected chi connectivity index (χ3v) is 3.68. The number of hydrogen-bond donors (Lipinski definition) is 0. The van der Waals surface area contributed by atoms with E-state index >= 15 is 0 Å². The Bertz CT molecular complexity index is 527. The highest BCUT2D eigenvalue weighted by Gasteiger charge is 2.01. The van der Waals surface area contributed by atoms with Crippen LogP contribution in [-0.4, -0.2) is 10.9 Å². The van der Waals surface area contributed by atoms with Crippen molar-refractivity contribution < 1.29 is 4.79 Å². The van der Waals surface area contributed by atoms with E-state index in [2.05, 4.69) is 29.8 Å². The third-order valence-electron chi connectivity index (χ3n) is 3.68. The van der Waals surface area contributed by atoms with Crippen LogP contribution >= 0.6 is 0 Å². The number of aldehydes is 1. The van der Waals surface area contributed by atoms with Gasteiger partial charge in [0.2, 0.25) is 0 Å². The summed E-state index contributed by atoms with van der Waals surface area (Å²) in [6.45, 7) is 3.33. The van der Waals surface area contributed by atoms with Crippen LogP contribution in [0, 0.1) is 0 Å². The van der Waals surface area contributed by atoms with Crippen molar-refractivity contribution in [3.8, 4) is 0 Å². The molecular weight excluding hydrogens is 234 g/mol. The van der Waals surface area contributed by atoms with Gasteiger partial charge in [-0.3, -0.25) is 4.79 Å². The van der Waals surface area contributed by atoms with Gasteiger partial charge in [-0.15, -0.1) is 0 Å². The summed E-state index contributed by atoms with van der Waals surface area (Å²) in [5.41, 5.74) is 1.99. The quantitative estimate of drug-likeness (QED) is 0.491. The molecule has 2 rings (SSSR count). The summed E-state index contributed by atoms with van der Waals surface area (Å²) in [7, 11) is 0. The van der Waals surface area contributed by atoms with Gasteiger partial charge >= 0.3 is 0 Å². The standard InChI is InChI=1S/C17H23NO/c1-2-3-4-5-6-7-11-18-12-10-16-13-15(14-19)8-9-17(16)18/h8-10,12-14H,2-7,11H2,1H3. The summed E-state index contributed by atoms with van der Waals surface area (Å²) < 4.78 is 2.30. The average molecular weight is 257 g/mol. The van der Waals surface area contributed by atoms with Crippen LogP contribution in [0.2, 0.25) is 0 Å². The molecule has 0 unspecified atom stereocenters. The van der Waals surface area contributed by atoms with Gasteiger partial charge in [0.15, 0.2) is 0 Å². The fraction of sp³-hybridized carbons (Fsp3) is 0.471. The van der Waals surface area contributed by atoms with Crippen molar-refractivity contribution in [1.29, 1.82) is 0 Å². The second-order valence-electron chi connectivity index (χ2n) is 5.21. The molecule has 0 aliphatic heterocycles. The van der Waals surface area contributed by atoms with E-state index in [-0.39, 0.29) is 0 Å². The van der Waals surface area contributed by atoms with Gasteiger partial charge in [-0.25, -0.2) is 0 Å². The monoisotopic (exact) mass is 257 g/mol. The fourth-order valence-corrected chi connectivity index (χ4v) is 2.55. The molecule has 0 fully saturated rings. The van der Waals surface area contributed by atoms with Crippen molar-refractivity contribution in [2.75, 3.05) is 0 Å². The zero-order valence-corrected chi connectivity index (χ0v) is 11.8. The number of rotatable bonds is 8. The van der Waals surface area contributed by atoms with Crippen LogP contribution in [0.4, 0.5) is 0 Å². The molecule has 0 saturated carbocycles. The maximum atomic E-state index is 10.7. The Morgan fingerprint density at radius 2 is 1.84 bits per heavy atom. The van der Waals surface area contributed by atoms with Crippen LogP contribution in [0.1, 0.15) is 55.8 Å². The molecule has 102 valence electrons. The second-order valence-corrected chi connectivity index (χ2v) is 5.21. The number of aryl methyl sites for hydroxylation is 1. The molecule has 1 aromatic carbocycles. The maximum absolute atomic E-state index is 10.7. The number of carbonyl (C=O) groups is 1. The van der Waals surface area contributed by atoms with Crippen LogP contribution in [0.3, 0.4) is 0 Å². The predicted molar refractivity (Wildman–Crippen MR) is 80.7 cm³/mol. The molecular formula is C17H23NO. The van der Waals surface area contributed by atoms with Gasteiger partial charge in [-0.05, 0) is 30.7 Å². The molecule has 0 amide bonds. The van der Waals surface area contributed by atoms with E-state index < -0.39 is 0 Å². The lowest BCUT2D eigenvalue weighted by atomic mass is 10.1. The van der Waals surface area contributed by atoms with Crippen molar-refractivity contribution in [3.63, 3.8) is 0 Å². The molecule has 19 heavy (non-hydrogen) atoms. The van der Waals surface area contributed by atoms with Crippen LogP contribution in [0.25, 0.3) is 10.9 Å². The minimum Gasteiger partial charge on any atom is -0.347 e. The molecule has 1 heterocycles. The Kier molecular flexibility index (Phi) is 5.20. The molecule has 0 radical (unpaired) electrons. The molecule has 2 nitrogen and oxygen atoms in total. The Labute approximate surface area is 115 Å². The van der Waals surface area contributed by atoms with E-state index in [9.17, 15) is 4.79 Å². The fourth-order valence-electron chi connectivity index (χ4n) is 2.55. The molecule has 0 aliphatic rings. The molecule has 0 aliphatic carbocycles. The first kappa shape index (κ1) is 13.9. The Balaban J connectivity index is 1.89. The summed E-state index contributed by atoms with van der Waals surface area (Å²) in [4.78, 5) is 10.7. The van der Waals surface area contributed by atoms with Crippen LogP contribution < -0.4 is 0 Å². The van der Waals surface area contributed by atoms with E-state index in [4.69, 9.17) is 0 Å². The molecule has 2 aromatic rings. The number of hydrogen-bond acceptors (Lipinski definition) is 1. The minimum atomic E-state index is 0.754. The van der Waals surface area contributed by atoms with Crippen molar-refractivity contribution >= 4 is 17.2 Å². The third kappa shape index (κ3) is 3.69. The number of unbranched alkanes of at least 4 members (excludes halogenated alkanes) is 5. The lowest BCUT2D eigenvalue weighted by molar-refractivity contribution is 0.112. The summed E-state index contributed by atoms with van der Waals surface area (Å²) in [5, 5.41) is 1.16.